The Morgan fingerprint density at radius 1 is 1.43 bits per heavy atom. The summed E-state index contributed by atoms with van der Waals surface area (Å²) < 4.78 is 9.43. The molecular weight excluding hydrogens is 186 g/mol. The van der Waals surface area contributed by atoms with Crippen molar-refractivity contribution in [2.45, 2.75) is 32.8 Å². The normalized spacial score (nSPS) is 10.5. The van der Waals surface area contributed by atoms with Gasteiger partial charge in [-0.2, -0.15) is 0 Å². The van der Waals surface area contributed by atoms with Gasteiger partial charge in [-0.15, -0.1) is 0 Å². The minimum atomic E-state index is -0.483. The van der Waals surface area contributed by atoms with Gasteiger partial charge in [0.25, 0.3) is 6.47 Å². The van der Waals surface area contributed by atoms with Crippen molar-refractivity contribution in [3.8, 4) is 0 Å². The molecule has 1 N–H and O–H groups in total. The first-order valence-electron chi connectivity index (χ1n) is 4.48. The lowest BCUT2D eigenvalue weighted by Gasteiger charge is -2.19. The predicted molar refractivity (Wildman–Crippen MR) is 50.9 cm³/mol. The average molecular weight is 203 g/mol. The molecule has 0 aliphatic heterocycles. The molecule has 0 aliphatic rings. The van der Waals surface area contributed by atoms with E-state index in [0.717, 1.165) is 0 Å². The van der Waals surface area contributed by atoms with Crippen LogP contribution in [0.2, 0.25) is 0 Å². The molecule has 5 heteroatoms. The lowest BCUT2D eigenvalue weighted by molar-refractivity contribution is -0.128. The van der Waals surface area contributed by atoms with Gasteiger partial charge in [0.2, 0.25) is 0 Å². The zero-order valence-electron chi connectivity index (χ0n) is 8.83. The van der Waals surface area contributed by atoms with Crippen LogP contribution in [0.1, 0.15) is 27.2 Å². The highest BCUT2D eigenvalue weighted by Crippen LogP contribution is 2.06. The van der Waals surface area contributed by atoms with Crippen molar-refractivity contribution in [3.63, 3.8) is 0 Å². The smallest absolute Gasteiger partial charge is 0.407 e. The fourth-order valence-electron chi connectivity index (χ4n) is 0.708. The fraction of sp³-hybridized carbons (Fsp3) is 0.778. The lowest BCUT2D eigenvalue weighted by atomic mass is 10.2. The number of alkyl carbamates (subject to hydrolysis) is 1. The van der Waals surface area contributed by atoms with Gasteiger partial charge in [0, 0.05) is 6.54 Å². The fourth-order valence-corrected chi connectivity index (χ4v) is 0.708. The van der Waals surface area contributed by atoms with Crippen LogP contribution in [0, 0.1) is 0 Å². The maximum atomic E-state index is 11.0. The molecule has 0 bridgehead atoms. The number of carbonyl (C=O) groups is 2. The van der Waals surface area contributed by atoms with E-state index < -0.39 is 11.7 Å². The summed E-state index contributed by atoms with van der Waals surface area (Å²) in [5, 5.41) is 2.54. The van der Waals surface area contributed by atoms with Gasteiger partial charge >= 0.3 is 6.09 Å². The second-order valence-electron chi connectivity index (χ2n) is 3.75. The van der Waals surface area contributed by atoms with Gasteiger partial charge in [-0.25, -0.2) is 4.79 Å². The molecule has 0 fully saturated rings. The number of ether oxygens (including phenoxy) is 2. The van der Waals surface area contributed by atoms with E-state index in [-0.39, 0.29) is 0 Å². The summed E-state index contributed by atoms with van der Waals surface area (Å²) in [6.07, 6.45) is 0.126. The summed E-state index contributed by atoms with van der Waals surface area (Å²) in [5.74, 6) is 0. The largest absolute Gasteiger partial charge is 0.468 e. The van der Waals surface area contributed by atoms with E-state index in [2.05, 4.69) is 10.1 Å². The highest BCUT2D eigenvalue weighted by atomic mass is 16.6. The Hall–Kier alpha value is -1.26. The van der Waals surface area contributed by atoms with Crippen LogP contribution >= 0.6 is 0 Å². The van der Waals surface area contributed by atoms with Gasteiger partial charge in [-0.3, -0.25) is 4.79 Å². The monoisotopic (exact) mass is 203 g/mol. The molecular formula is C9H17NO4. The second kappa shape index (κ2) is 6.23. The van der Waals surface area contributed by atoms with Crippen LogP contribution in [0.3, 0.4) is 0 Å². The molecule has 0 spiro atoms. The van der Waals surface area contributed by atoms with E-state index in [1.165, 1.54) is 0 Å². The van der Waals surface area contributed by atoms with E-state index in [0.29, 0.717) is 26.0 Å². The molecule has 0 saturated carbocycles. The van der Waals surface area contributed by atoms with Crippen molar-refractivity contribution in [1.29, 1.82) is 0 Å². The molecule has 0 aromatic carbocycles. The number of nitrogens with one attached hydrogen (secondary N) is 1. The van der Waals surface area contributed by atoms with E-state index in [9.17, 15) is 9.59 Å². The van der Waals surface area contributed by atoms with Crippen LogP contribution in [0.25, 0.3) is 0 Å². The SMILES string of the molecule is CC(C)(C)OC(=O)NCCCOC=O. The molecule has 0 atom stereocenters. The summed E-state index contributed by atoms with van der Waals surface area (Å²) in [4.78, 5) is 20.8. The first-order chi connectivity index (χ1) is 6.45. The van der Waals surface area contributed by atoms with Gasteiger partial charge in [-0.05, 0) is 27.2 Å². The first-order valence-corrected chi connectivity index (χ1v) is 4.48. The zero-order valence-corrected chi connectivity index (χ0v) is 8.83. The number of carbonyl (C=O) groups excluding carboxylic acids is 2. The predicted octanol–water partition coefficient (Wildman–Crippen LogP) is 1.07. The topological polar surface area (TPSA) is 64.6 Å². The summed E-state index contributed by atoms with van der Waals surface area (Å²) >= 11 is 0. The molecule has 14 heavy (non-hydrogen) atoms. The minimum Gasteiger partial charge on any atom is -0.468 e. The maximum absolute atomic E-state index is 11.0. The number of hydrogen-bond donors (Lipinski definition) is 1. The lowest BCUT2D eigenvalue weighted by Crippen LogP contribution is -2.33. The second-order valence-corrected chi connectivity index (χ2v) is 3.75. The van der Waals surface area contributed by atoms with Crippen molar-refractivity contribution in [2.75, 3.05) is 13.2 Å². The number of rotatable bonds is 5. The van der Waals surface area contributed by atoms with Crippen molar-refractivity contribution in [1.82, 2.24) is 5.32 Å². The summed E-state index contributed by atoms with van der Waals surface area (Å²) in [6.45, 7) is 6.50. The number of hydrogen-bond acceptors (Lipinski definition) is 4. The molecule has 0 aromatic heterocycles. The van der Waals surface area contributed by atoms with E-state index in [1.807, 2.05) is 0 Å². The molecule has 0 heterocycles. The summed E-state index contributed by atoms with van der Waals surface area (Å²) in [5.41, 5.74) is -0.483. The molecule has 1 amide bonds. The van der Waals surface area contributed by atoms with Crippen LogP contribution in [0.5, 0.6) is 0 Å². The molecule has 5 nitrogen and oxygen atoms in total. The Morgan fingerprint density at radius 2 is 2.07 bits per heavy atom. The Labute approximate surface area is 83.8 Å². The quantitative estimate of drug-likeness (QED) is 0.536. The zero-order chi connectivity index (χ0) is 11.0. The first kappa shape index (κ1) is 12.7. The van der Waals surface area contributed by atoms with E-state index in [1.54, 1.807) is 20.8 Å². The average Bonchev–Trinajstić information content (AvgIpc) is 2.00. The van der Waals surface area contributed by atoms with E-state index >= 15 is 0 Å². The maximum Gasteiger partial charge on any atom is 0.407 e. The summed E-state index contributed by atoms with van der Waals surface area (Å²) in [6, 6.07) is 0. The highest BCUT2D eigenvalue weighted by molar-refractivity contribution is 5.67. The molecule has 0 radical (unpaired) electrons. The third-order valence-corrected chi connectivity index (χ3v) is 1.18. The van der Waals surface area contributed by atoms with Gasteiger partial charge in [0.15, 0.2) is 0 Å². The van der Waals surface area contributed by atoms with Gasteiger partial charge in [-0.1, -0.05) is 0 Å². The third kappa shape index (κ3) is 8.83. The standard InChI is InChI=1S/C9H17NO4/c1-9(2,3)14-8(12)10-5-4-6-13-7-11/h7H,4-6H2,1-3H3,(H,10,12). The van der Waals surface area contributed by atoms with Gasteiger partial charge in [0.05, 0.1) is 6.61 Å². The van der Waals surface area contributed by atoms with Gasteiger partial charge in [0.1, 0.15) is 5.60 Å². The van der Waals surface area contributed by atoms with Crippen molar-refractivity contribution >= 4 is 12.6 Å². The van der Waals surface area contributed by atoms with Crippen LogP contribution in [0.15, 0.2) is 0 Å². The van der Waals surface area contributed by atoms with Crippen molar-refractivity contribution in [3.05, 3.63) is 0 Å². The molecule has 0 saturated heterocycles. The Kier molecular flexibility index (Phi) is 5.67. The Morgan fingerprint density at radius 3 is 2.57 bits per heavy atom. The summed E-state index contributed by atoms with van der Waals surface area (Å²) in [7, 11) is 0. The van der Waals surface area contributed by atoms with Gasteiger partial charge < -0.3 is 14.8 Å². The van der Waals surface area contributed by atoms with E-state index in [4.69, 9.17) is 4.74 Å². The number of amides is 1. The van der Waals surface area contributed by atoms with Crippen molar-refractivity contribution in [2.24, 2.45) is 0 Å². The molecule has 0 unspecified atom stereocenters. The molecule has 0 rings (SSSR count). The third-order valence-electron chi connectivity index (χ3n) is 1.18. The Bertz CT molecular complexity index is 186. The van der Waals surface area contributed by atoms with Crippen molar-refractivity contribution < 1.29 is 19.1 Å². The minimum absolute atomic E-state index is 0.305. The molecule has 0 aromatic rings. The van der Waals surface area contributed by atoms with Crippen LogP contribution in [-0.2, 0) is 14.3 Å². The Balaban J connectivity index is 3.41. The molecule has 0 aliphatic carbocycles. The van der Waals surface area contributed by atoms with Crippen LogP contribution < -0.4 is 5.32 Å². The highest BCUT2D eigenvalue weighted by Gasteiger charge is 2.15. The van der Waals surface area contributed by atoms with Crippen LogP contribution in [0.4, 0.5) is 4.79 Å². The molecule has 82 valence electrons. The van der Waals surface area contributed by atoms with Crippen LogP contribution in [-0.4, -0.2) is 31.3 Å².